The second-order valence-corrected chi connectivity index (χ2v) is 3.13. The minimum Gasteiger partial charge on any atom is -0.465 e. The predicted molar refractivity (Wildman–Crippen MR) is 49.9 cm³/mol. The van der Waals surface area contributed by atoms with Crippen molar-refractivity contribution in [2.24, 2.45) is 0 Å². The molecular weight excluding hydrogens is 185 g/mol. The van der Waals surface area contributed by atoms with E-state index in [1.54, 1.807) is 18.2 Å². The van der Waals surface area contributed by atoms with E-state index in [-0.39, 0.29) is 0 Å². The van der Waals surface area contributed by atoms with Crippen molar-refractivity contribution in [3.63, 3.8) is 0 Å². The van der Waals surface area contributed by atoms with Crippen LogP contribution in [0.25, 0.3) is 0 Å². The van der Waals surface area contributed by atoms with Gasteiger partial charge in [0.2, 0.25) is 0 Å². The van der Waals surface area contributed by atoms with E-state index < -0.39 is 5.97 Å². The molecule has 14 heavy (non-hydrogen) atoms. The minimum atomic E-state index is -0.405. The van der Waals surface area contributed by atoms with E-state index in [1.165, 1.54) is 7.11 Å². The Bertz CT molecular complexity index is 378. The van der Waals surface area contributed by atoms with Crippen LogP contribution in [0.2, 0.25) is 0 Å². The normalized spacial score (nSPS) is 14.0. The predicted octanol–water partition coefficient (Wildman–Crippen LogP) is 1.72. The van der Waals surface area contributed by atoms with E-state index in [4.69, 9.17) is 0 Å². The van der Waals surface area contributed by atoms with Crippen LogP contribution in [-0.2, 0) is 11.2 Å². The molecule has 1 aromatic rings. The van der Waals surface area contributed by atoms with Gasteiger partial charge in [0.05, 0.1) is 24.9 Å². The molecule has 0 saturated heterocycles. The molecule has 1 aliphatic rings. The summed E-state index contributed by atoms with van der Waals surface area (Å²) in [7, 11) is 1.32. The number of hydrogen-bond donors (Lipinski definition) is 0. The molecule has 1 aromatic carbocycles. The molecule has 0 fully saturated rings. The van der Waals surface area contributed by atoms with Crippen LogP contribution < -0.4 is 5.12 Å². The largest absolute Gasteiger partial charge is 0.465 e. The molecule has 0 unspecified atom stereocenters. The number of nitrogens with zero attached hydrogens (tertiary/aromatic N) is 1. The lowest BCUT2D eigenvalue weighted by Crippen LogP contribution is -2.06. The minimum absolute atomic E-state index is 0.309. The van der Waals surface area contributed by atoms with Crippen LogP contribution in [0.3, 0.4) is 0 Å². The number of esters is 1. The molecule has 74 valence electrons. The van der Waals surface area contributed by atoms with E-state index in [0.29, 0.717) is 29.3 Å². The summed E-state index contributed by atoms with van der Waals surface area (Å²) in [6, 6.07) is 4.97. The van der Waals surface area contributed by atoms with Gasteiger partial charge in [-0.2, -0.15) is 0 Å². The van der Waals surface area contributed by atoms with Gasteiger partial charge in [0.1, 0.15) is 0 Å². The van der Waals surface area contributed by atoms with Crippen LogP contribution >= 0.6 is 0 Å². The Kier molecular flexibility index (Phi) is 2.11. The van der Waals surface area contributed by atoms with Gasteiger partial charge in [0.15, 0.2) is 0 Å². The molecule has 0 N–H and O–H groups in total. The second kappa shape index (κ2) is 3.29. The highest BCUT2D eigenvalue weighted by atomic mass is 19.2. The average molecular weight is 195 g/mol. The second-order valence-electron chi connectivity index (χ2n) is 3.13. The molecule has 1 aliphatic heterocycles. The summed E-state index contributed by atoms with van der Waals surface area (Å²) < 4.78 is 17.8. The van der Waals surface area contributed by atoms with Gasteiger partial charge in [-0.25, -0.2) is 9.92 Å². The van der Waals surface area contributed by atoms with Gasteiger partial charge in [0, 0.05) is 0 Å². The fourth-order valence-electron chi connectivity index (χ4n) is 1.70. The van der Waals surface area contributed by atoms with Crippen LogP contribution in [-0.4, -0.2) is 19.6 Å². The summed E-state index contributed by atoms with van der Waals surface area (Å²) in [5, 5.41) is 0.655. The number of benzene rings is 1. The van der Waals surface area contributed by atoms with Crippen LogP contribution in [0, 0.1) is 0 Å². The summed E-state index contributed by atoms with van der Waals surface area (Å²) in [6.07, 6.45) is 0.553. The van der Waals surface area contributed by atoms with Gasteiger partial charge in [-0.15, -0.1) is 0 Å². The van der Waals surface area contributed by atoms with Crippen molar-refractivity contribution >= 4 is 11.7 Å². The summed E-state index contributed by atoms with van der Waals surface area (Å²) >= 11 is 0. The van der Waals surface area contributed by atoms with Crippen LogP contribution in [0.5, 0.6) is 0 Å². The molecule has 0 radical (unpaired) electrons. The summed E-state index contributed by atoms with van der Waals surface area (Å²) in [5.41, 5.74) is 1.68. The van der Waals surface area contributed by atoms with Crippen LogP contribution in [0.15, 0.2) is 18.2 Å². The fourth-order valence-corrected chi connectivity index (χ4v) is 1.70. The molecule has 0 aliphatic carbocycles. The van der Waals surface area contributed by atoms with Crippen LogP contribution in [0.4, 0.5) is 10.2 Å². The lowest BCUT2D eigenvalue weighted by atomic mass is 10.1. The van der Waals surface area contributed by atoms with E-state index >= 15 is 0 Å². The molecule has 0 atom stereocenters. The van der Waals surface area contributed by atoms with Crippen molar-refractivity contribution in [3.8, 4) is 0 Å². The van der Waals surface area contributed by atoms with Gasteiger partial charge in [0.25, 0.3) is 0 Å². The van der Waals surface area contributed by atoms with Crippen molar-refractivity contribution in [2.45, 2.75) is 6.42 Å². The summed E-state index contributed by atoms with van der Waals surface area (Å²) in [6.45, 7) is 0.309. The molecule has 0 spiro atoms. The van der Waals surface area contributed by atoms with Gasteiger partial charge in [-0.1, -0.05) is 10.5 Å². The molecule has 0 saturated carbocycles. The topological polar surface area (TPSA) is 29.5 Å². The van der Waals surface area contributed by atoms with Crippen molar-refractivity contribution in [2.75, 3.05) is 18.8 Å². The number of fused-ring (bicyclic) bond motifs is 1. The van der Waals surface area contributed by atoms with E-state index in [2.05, 4.69) is 4.74 Å². The monoisotopic (exact) mass is 195 g/mol. The molecule has 1 heterocycles. The lowest BCUT2D eigenvalue weighted by Gasteiger charge is -2.07. The number of rotatable bonds is 1. The van der Waals surface area contributed by atoms with E-state index in [0.717, 1.165) is 5.56 Å². The maximum Gasteiger partial charge on any atom is 0.338 e. The Morgan fingerprint density at radius 1 is 1.57 bits per heavy atom. The maximum atomic E-state index is 13.1. The number of halogens is 1. The smallest absolute Gasteiger partial charge is 0.338 e. The van der Waals surface area contributed by atoms with E-state index in [1.807, 2.05) is 0 Å². The highest BCUT2D eigenvalue weighted by Gasteiger charge is 2.24. The first-order valence-electron chi connectivity index (χ1n) is 4.37. The van der Waals surface area contributed by atoms with Crippen molar-refractivity contribution in [1.82, 2.24) is 0 Å². The first-order valence-corrected chi connectivity index (χ1v) is 4.37. The number of methoxy groups -OCH3 is 1. The zero-order chi connectivity index (χ0) is 10.1. The quantitative estimate of drug-likeness (QED) is 0.504. The Labute approximate surface area is 81.0 Å². The summed E-state index contributed by atoms with van der Waals surface area (Å²) in [5.74, 6) is -0.405. The SMILES string of the molecule is COC(=O)c1cccc2c1CCN2F. The molecule has 0 amide bonds. The standard InChI is InChI=1S/C10H10FNO2/c1-14-10(13)8-3-2-4-9-7(8)5-6-12(9)11/h2-4H,5-6H2,1H3. The molecule has 0 aromatic heterocycles. The molecule has 4 heteroatoms. The lowest BCUT2D eigenvalue weighted by molar-refractivity contribution is 0.0600. The molecule has 2 rings (SSSR count). The number of hydrogen-bond acceptors (Lipinski definition) is 3. The number of anilines is 1. The Morgan fingerprint density at radius 3 is 3.07 bits per heavy atom. The number of carbonyl (C=O) groups is 1. The zero-order valence-corrected chi connectivity index (χ0v) is 7.79. The first kappa shape index (κ1) is 8.99. The third kappa shape index (κ3) is 1.23. The van der Waals surface area contributed by atoms with Crippen molar-refractivity contribution in [3.05, 3.63) is 29.3 Å². The number of ether oxygens (including phenoxy) is 1. The third-order valence-electron chi connectivity index (χ3n) is 2.38. The van der Waals surface area contributed by atoms with Crippen molar-refractivity contribution in [1.29, 1.82) is 0 Å². The molecule has 3 nitrogen and oxygen atoms in total. The van der Waals surface area contributed by atoms with Gasteiger partial charge >= 0.3 is 5.97 Å². The maximum absolute atomic E-state index is 13.1. The Morgan fingerprint density at radius 2 is 2.36 bits per heavy atom. The molecule has 0 bridgehead atoms. The number of carbonyl (C=O) groups excluding carboxylic acids is 1. The molecular formula is C10H10FNO2. The summed E-state index contributed by atoms with van der Waals surface area (Å²) in [4.78, 5) is 11.3. The van der Waals surface area contributed by atoms with Crippen LogP contribution in [0.1, 0.15) is 15.9 Å². The highest BCUT2D eigenvalue weighted by molar-refractivity contribution is 5.93. The first-order chi connectivity index (χ1) is 6.74. The van der Waals surface area contributed by atoms with Gasteiger partial charge in [-0.05, 0) is 24.1 Å². The highest BCUT2D eigenvalue weighted by Crippen LogP contribution is 2.30. The fraction of sp³-hybridized carbons (Fsp3) is 0.300. The van der Waals surface area contributed by atoms with E-state index in [9.17, 15) is 9.28 Å². The van der Waals surface area contributed by atoms with Crippen molar-refractivity contribution < 1.29 is 14.0 Å². The van der Waals surface area contributed by atoms with Gasteiger partial charge < -0.3 is 4.74 Å². The Hall–Kier alpha value is -1.58. The average Bonchev–Trinajstić information content (AvgIpc) is 2.59. The zero-order valence-electron chi connectivity index (χ0n) is 7.79. The Balaban J connectivity index is 2.49. The van der Waals surface area contributed by atoms with Gasteiger partial charge in [-0.3, -0.25) is 0 Å². The third-order valence-corrected chi connectivity index (χ3v) is 2.38.